The summed E-state index contributed by atoms with van der Waals surface area (Å²) in [5.74, 6) is 0.944. The molecule has 0 bridgehead atoms. The minimum atomic E-state index is -0.105. The summed E-state index contributed by atoms with van der Waals surface area (Å²) in [7, 11) is 0. The normalized spacial score (nSPS) is 12.7. The van der Waals surface area contributed by atoms with E-state index < -0.39 is 0 Å². The first-order valence-corrected chi connectivity index (χ1v) is 7.26. The van der Waals surface area contributed by atoms with Gasteiger partial charge in [-0.1, -0.05) is 36.4 Å². The summed E-state index contributed by atoms with van der Waals surface area (Å²) < 4.78 is 11.0. The first-order chi connectivity index (χ1) is 10.8. The lowest BCUT2D eigenvalue weighted by molar-refractivity contribution is 0.0911. The Kier molecular flexibility index (Phi) is 4.19. The molecule has 1 heterocycles. The molecule has 4 heteroatoms. The monoisotopic (exact) mass is 296 g/mol. The van der Waals surface area contributed by atoms with E-state index in [1.165, 1.54) is 0 Å². The van der Waals surface area contributed by atoms with Crippen molar-refractivity contribution < 1.29 is 19.1 Å². The zero-order chi connectivity index (χ0) is 15.4. The standard InChI is InChI=1S/C18H16O4/c19-15(13-5-2-1-3-6-13)9-10-16(20)14-7-4-8-17-18(14)22-12-11-21-17/h1-8H,9-12H2. The van der Waals surface area contributed by atoms with Crippen molar-refractivity contribution in [3.63, 3.8) is 0 Å². The average Bonchev–Trinajstić information content (AvgIpc) is 2.59. The summed E-state index contributed by atoms with van der Waals surface area (Å²) in [6.45, 7) is 0.914. The molecule has 0 amide bonds. The van der Waals surface area contributed by atoms with Crippen LogP contribution in [0, 0.1) is 0 Å². The summed E-state index contributed by atoms with van der Waals surface area (Å²) in [6, 6.07) is 14.3. The van der Waals surface area contributed by atoms with Crippen molar-refractivity contribution in [3.05, 3.63) is 59.7 Å². The Morgan fingerprint density at radius 3 is 2.36 bits per heavy atom. The smallest absolute Gasteiger partial charge is 0.172 e. The molecule has 112 valence electrons. The highest BCUT2D eigenvalue weighted by Gasteiger charge is 2.20. The maximum Gasteiger partial charge on any atom is 0.172 e. The van der Waals surface area contributed by atoms with E-state index in [-0.39, 0.29) is 24.4 Å². The molecule has 0 saturated heterocycles. The first-order valence-electron chi connectivity index (χ1n) is 7.26. The number of hydrogen-bond donors (Lipinski definition) is 0. The van der Waals surface area contributed by atoms with Gasteiger partial charge in [0.25, 0.3) is 0 Å². The van der Waals surface area contributed by atoms with E-state index in [1.807, 2.05) is 18.2 Å². The van der Waals surface area contributed by atoms with E-state index in [9.17, 15) is 9.59 Å². The predicted octanol–water partition coefficient (Wildman–Crippen LogP) is 3.30. The van der Waals surface area contributed by atoms with E-state index in [4.69, 9.17) is 9.47 Å². The maximum absolute atomic E-state index is 12.4. The van der Waals surface area contributed by atoms with Gasteiger partial charge in [0.05, 0.1) is 5.56 Å². The average molecular weight is 296 g/mol. The van der Waals surface area contributed by atoms with Crippen LogP contribution in [0.25, 0.3) is 0 Å². The lowest BCUT2D eigenvalue weighted by Crippen LogP contribution is -2.18. The second kappa shape index (κ2) is 6.43. The van der Waals surface area contributed by atoms with Gasteiger partial charge in [-0.25, -0.2) is 0 Å². The zero-order valence-corrected chi connectivity index (χ0v) is 12.1. The van der Waals surface area contributed by atoms with Crippen LogP contribution >= 0.6 is 0 Å². The van der Waals surface area contributed by atoms with Crippen molar-refractivity contribution >= 4 is 11.6 Å². The fourth-order valence-corrected chi connectivity index (χ4v) is 2.42. The molecule has 0 atom stereocenters. The number of carbonyl (C=O) groups is 2. The molecule has 1 aliphatic rings. The Hall–Kier alpha value is -2.62. The van der Waals surface area contributed by atoms with Crippen molar-refractivity contribution in [2.24, 2.45) is 0 Å². The van der Waals surface area contributed by atoms with Gasteiger partial charge in [-0.2, -0.15) is 0 Å². The van der Waals surface area contributed by atoms with Crippen LogP contribution in [0.5, 0.6) is 11.5 Å². The van der Waals surface area contributed by atoms with Crippen LogP contribution in [0.1, 0.15) is 33.6 Å². The Morgan fingerprint density at radius 2 is 1.55 bits per heavy atom. The highest BCUT2D eigenvalue weighted by atomic mass is 16.6. The van der Waals surface area contributed by atoms with Gasteiger partial charge in [-0.15, -0.1) is 0 Å². The molecule has 0 fully saturated rings. The van der Waals surface area contributed by atoms with Crippen LogP contribution in [-0.4, -0.2) is 24.8 Å². The molecule has 0 aromatic heterocycles. The van der Waals surface area contributed by atoms with Crippen LogP contribution in [0.4, 0.5) is 0 Å². The molecule has 0 radical (unpaired) electrons. The van der Waals surface area contributed by atoms with Gasteiger partial charge in [0.2, 0.25) is 0 Å². The molecule has 2 aromatic carbocycles. The van der Waals surface area contributed by atoms with Crippen LogP contribution in [0.3, 0.4) is 0 Å². The van der Waals surface area contributed by atoms with Gasteiger partial charge in [-0.05, 0) is 12.1 Å². The molecule has 0 N–H and O–H groups in total. The Bertz CT molecular complexity index is 691. The highest BCUT2D eigenvalue weighted by molar-refractivity contribution is 6.03. The summed E-state index contributed by atoms with van der Waals surface area (Å²) >= 11 is 0. The number of para-hydroxylation sites is 1. The Labute approximate surface area is 128 Å². The molecule has 2 aromatic rings. The molecule has 3 rings (SSSR count). The fraction of sp³-hybridized carbons (Fsp3) is 0.222. The summed E-state index contributed by atoms with van der Waals surface area (Å²) in [6.07, 6.45) is 0.348. The fourth-order valence-electron chi connectivity index (χ4n) is 2.42. The quantitative estimate of drug-likeness (QED) is 0.794. The number of ketones is 2. The van der Waals surface area contributed by atoms with Crippen LogP contribution in [0.15, 0.2) is 48.5 Å². The SMILES string of the molecule is O=C(CCC(=O)c1cccc2c1OCCO2)c1ccccc1. The number of hydrogen-bond acceptors (Lipinski definition) is 4. The summed E-state index contributed by atoms with van der Waals surface area (Å²) in [5, 5.41) is 0. The third-order valence-corrected chi connectivity index (χ3v) is 3.54. The number of Topliss-reactive ketones (excluding diaryl/α,β-unsaturated/α-hetero) is 2. The molecular weight excluding hydrogens is 280 g/mol. The van der Waals surface area contributed by atoms with Crippen molar-refractivity contribution in [3.8, 4) is 11.5 Å². The van der Waals surface area contributed by atoms with Crippen LogP contribution in [-0.2, 0) is 0 Å². The van der Waals surface area contributed by atoms with Crippen molar-refractivity contribution in [1.29, 1.82) is 0 Å². The van der Waals surface area contributed by atoms with Gasteiger partial charge < -0.3 is 9.47 Å². The van der Waals surface area contributed by atoms with Gasteiger partial charge >= 0.3 is 0 Å². The molecule has 1 aliphatic heterocycles. The number of rotatable bonds is 5. The molecule has 0 saturated carbocycles. The maximum atomic E-state index is 12.4. The molecule has 0 unspecified atom stereocenters. The largest absolute Gasteiger partial charge is 0.486 e. The summed E-state index contributed by atoms with van der Waals surface area (Å²) in [5.41, 5.74) is 1.11. The van der Waals surface area contributed by atoms with E-state index >= 15 is 0 Å². The Balaban J connectivity index is 1.69. The van der Waals surface area contributed by atoms with E-state index in [0.29, 0.717) is 35.8 Å². The number of benzene rings is 2. The van der Waals surface area contributed by atoms with Gasteiger partial charge in [0.1, 0.15) is 13.2 Å². The topological polar surface area (TPSA) is 52.6 Å². The molecular formula is C18H16O4. The van der Waals surface area contributed by atoms with Crippen molar-refractivity contribution in [2.75, 3.05) is 13.2 Å². The van der Waals surface area contributed by atoms with E-state index in [0.717, 1.165) is 0 Å². The Morgan fingerprint density at radius 1 is 0.818 bits per heavy atom. The first kappa shape index (κ1) is 14.3. The third kappa shape index (κ3) is 3.01. The minimum absolute atomic E-state index is 0.0316. The molecule has 0 aliphatic carbocycles. The minimum Gasteiger partial charge on any atom is -0.486 e. The van der Waals surface area contributed by atoms with Crippen LogP contribution < -0.4 is 9.47 Å². The van der Waals surface area contributed by atoms with Gasteiger partial charge in [0.15, 0.2) is 23.1 Å². The molecule has 22 heavy (non-hydrogen) atoms. The lowest BCUT2D eigenvalue weighted by Gasteiger charge is -2.20. The predicted molar refractivity (Wildman–Crippen MR) is 81.8 cm³/mol. The number of carbonyl (C=O) groups excluding carboxylic acids is 2. The lowest BCUT2D eigenvalue weighted by atomic mass is 10.0. The summed E-state index contributed by atoms with van der Waals surface area (Å²) in [4.78, 5) is 24.4. The van der Waals surface area contributed by atoms with Crippen molar-refractivity contribution in [1.82, 2.24) is 0 Å². The zero-order valence-electron chi connectivity index (χ0n) is 12.1. The van der Waals surface area contributed by atoms with E-state index in [1.54, 1.807) is 30.3 Å². The second-order valence-electron chi connectivity index (χ2n) is 5.04. The molecule has 0 spiro atoms. The van der Waals surface area contributed by atoms with Crippen LogP contribution in [0.2, 0.25) is 0 Å². The number of ether oxygens (including phenoxy) is 2. The van der Waals surface area contributed by atoms with Gasteiger partial charge in [0, 0.05) is 18.4 Å². The highest BCUT2D eigenvalue weighted by Crippen LogP contribution is 2.34. The third-order valence-electron chi connectivity index (χ3n) is 3.54. The second-order valence-corrected chi connectivity index (χ2v) is 5.04. The van der Waals surface area contributed by atoms with Crippen molar-refractivity contribution in [2.45, 2.75) is 12.8 Å². The molecule has 4 nitrogen and oxygen atoms in total. The van der Waals surface area contributed by atoms with E-state index in [2.05, 4.69) is 0 Å². The van der Waals surface area contributed by atoms with Gasteiger partial charge in [-0.3, -0.25) is 9.59 Å². The number of fused-ring (bicyclic) bond motifs is 1.